The van der Waals surface area contributed by atoms with Crippen LogP contribution in [0.1, 0.15) is 45.0 Å². The lowest BCUT2D eigenvalue weighted by atomic mass is 9.90. The summed E-state index contributed by atoms with van der Waals surface area (Å²) in [4.78, 5) is 37.1. The smallest absolute Gasteiger partial charge is 0.329 e. The molecule has 0 spiro atoms. The summed E-state index contributed by atoms with van der Waals surface area (Å²) < 4.78 is 10.3. The van der Waals surface area contributed by atoms with Crippen molar-refractivity contribution in [1.82, 2.24) is 10.6 Å². The molecule has 8 nitrogen and oxygen atoms in total. The van der Waals surface area contributed by atoms with E-state index in [2.05, 4.69) is 16.7 Å². The van der Waals surface area contributed by atoms with Gasteiger partial charge in [0.25, 0.3) is 11.8 Å². The molecule has 0 saturated heterocycles. The van der Waals surface area contributed by atoms with Gasteiger partial charge in [0.1, 0.15) is 17.3 Å². The highest BCUT2D eigenvalue weighted by Gasteiger charge is 2.31. The van der Waals surface area contributed by atoms with Crippen molar-refractivity contribution in [2.75, 3.05) is 13.7 Å². The van der Waals surface area contributed by atoms with E-state index >= 15 is 0 Å². The predicted octanol–water partition coefficient (Wildman–Crippen LogP) is 2.05. The Kier molecular flexibility index (Phi) is 8.64. The molecule has 8 heteroatoms. The van der Waals surface area contributed by atoms with E-state index in [-0.39, 0.29) is 17.4 Å². The highest BCUT2D eigenvalue weighted by Crippen LogP contribution is 2.18. The Balaban J connectivity index is 2.77. The molecule has 1 aromatic carbocycles. The van der Waals surface area contributed by atoms with E-state index in [0.717, 1.165) is 0 Å². The number of nitrogens with zero attached hydrogens (tertiary/aromatic N) is 1. The molecule has 2 atom stereocenters. The Morgan fingerprint density at radius 2 is 1.79 bits per heavy atom. The van der Waals surface area contributed by atoms with E-state index in [0.29, 0.717) is 5.75 Å². The molecule has 0 aliphatic heterocycles. The minimum absolute atomic E-state index is 0.129. The minimum Gasteiger partial charge on any atom is -0.496 e. The molecular weight excluding hydrogens is 374 g/mol. The number of esters is 1. The van der Waals surface area contributed by atoms with Crippen molar-refractivity contribution in [3.63, 3.8) is 0 Å². The van der Waals surface area contributed by atoms with Crippen LogP contribution in [0, 0.1) is 23.2 Å². The molecule has 0 radical (unpaired) electrons. The number of amides is 2. The van der Waals surface area contributed by atoms with Crippen LogP contribution in [-0.2, 0) is 14.3 Å². The van der Waals surface area contributed by atoms with Gasteiger partial charge in [-0.2, -0.15) is 5.26 Å². The van der Waals surface area contributed by atoms with Gasteiger partial charge in [-0.15, -0.1) is 0 Å². The molecule has 2 N–H and O–H groups in total. The van der Waals surface area contributed by atoms with Gasteiger partial charge in [-0.3, -0.25) is 9.59 Å². The van der Waals surface area contributed by atoms with Gasteiger partial charge in [0, 0.05) is 0 Å². The summed E-state index contributed by atoms with van der Waals surface area (Å²) in [6.45, 7) is 8.16. The van der Waals surface area contributed by atoms with Crippen LogP contribution in [0.5, 0.6) is 5.75 Å². The molecule has 0 saturated carbocycles. The summed E-state index contributed by atoms with van der Waals surface area (Å²) >= 11 is 0. The van der Waals surface area contributed by atoms with Crippen LogP contribution >= 0.6 is 0 Å². The van der Waals surface area contributed by atoms with Gasteiger partial charge in [-0.1, -0.05) is 39.8 Å². The zero-order valence-electron chi connectivity index (χ0n) is 17.7. The van der Waals surface area contributed by atoms with E-state index in [1.54, 1.807) is 58.9 Å². The summed E-state index contributed by atoms with van der Waals surface area (Å²) in [5.41, 5.74) is -0.785. The SMILES string of the molecule is COc1ccccc1C(=O)N[C@H](C(=O)OCC(=O)N[C@@](C)(C#N)C(C)C)C(C)C. The van der Waals surface area contributed by atoms with Gasteiger partial charge in [-0.25, -0.2) is 4.79 Å². The first-order valence-electron chi connectivity index (χ1n) is 9.38. The van der Waals surface area contributed by atoms with Gasteiger partial charge in [0.15, 0.2) is 6.61 Å². The average molecular weight is 403 g/mol. The van der Waals surface area contributed by atoms with Crippen molar-refractivity contribution in [2.24, 2.45) is 11.8 Å². The van der Waals surface area contributed by atoms with Gasteiger partial charge < -0.3 is 20.1 Å². The second-order valence-electron chi connectivity index (χ2n) is 7.52. The standard InChI is InChI=1S/C21H29N3O5/c1-13(2)18(23-19(26)15-9-7-8-10-16(15)28-6)20(27)29-11-17(25)24-21(5,12-22)14(3)4/h7-10,13-14,18H,11H2,1-6H3,(H,23,26)(H,24,25)/t18-,21-/m0/s1. The predicted molar refractivity (Wildman–Crippen MR) is 107 cm³/mol. The van der Waals surface area contributed by atoms with Crippen LogP contribution in [-0.4, -0.2) is 43.1 Å². The topological polar surface area (TPSA) is 118 Å². The van der Waals surface area contributed by atoms with Crippen LogP contribution in [0.15, 0.2) is 24.3 Å². The lowest BCUT2D eigenvalue weighted by Gasteiger charge is -2.27. The van der Waals surface area contributed by atoms with Gasteiger partial charge in [0.2, 0.25) is 0 Å². The second kappa shape index (κ2) is 10.5. The number of rotatable bonds is 9. The Hall–Kier alpha value is -3.08. The number of hydrogen-bond donors (Lipinski definition) is 2. The number of methoxy groups -OCH3 is 1. The third kappa shape index (κ3) is 6.49. The van der Waals surface area contributed by atoms with E-state index in [1.807, 2.05) is 0 Å². The molecule has 0 aliphatic rings. The van der Waals surface area contributed by atoms with Gasteiger partial charge in [0.05, 0.1) is 18.7 Å². The molecule has 0 unspecified atom stereocenters. The molecule has 1 aromatic rings. The lowest BCUT2D eigenvalue weighted by molar-refractivity contribution is -0.151. The molecule has 0 fully saturated rings. The number of nitrogens with one attached hydrogen (secondary N) is 2. The summed E-state index contributed by atoms with van der Waals surface area (Å²) in [6.07, 6.45) is 0. The third-order valence-electron chi connectivity index (χ3n) is 4.69. The molecule has 158 valence electrons. The zero-order chi connectivity index (χ0) is 22.2. The molecule has 0 heterocycles. The van der Waals surface area contributed by atoms with Crippen LogP contribution in [0.25, 0.3) is 0 Å². The average Bonchev–Trinajstić information content (AvgIpc) is 2.69. The number of carbonyl (C=O) groups is 3. The first-order chi connectivity index (χ1) is 13.6. The van der Waals surface area contributed by atoms with Crippen molar-refractivity contribution >= 4 is 17.8 Å². The number of para-hydroxylation sites is 1. The van der Waals surface area contributed by atoms with E-state index in [1.165, 1.54) is 7.11 Å². The largest absolute Gasteiger partial charge is 0.496 e. The quantitative estimate of drug-likeness (QED) is 0.609. The van der Waals surface area contributed by atoms with E-state index < -0.39 is 36.0 Å². The van der Waals surface area contributed by atoms with E-state index in [4.69, 9.17) is 9.47 Å². The summed E-state index contributed by atoms with van der Waals surface area (Å²) in [5, 5.41) is 14.5. The van der Waals surface area contributed by atoms with E-state index in [9.17, 15) is 19.6 Å². The number of benzene rings is 1. The molecule has 2 amide bonds. The van der Waals surface area contributed by atoms with Crippen LogP contribution in [0.4, 0.5) is 0 Å². The van der Waals surface area contributed by atoms with Crippen LogP contribution in [0.2, 0.25) is 0 Å². The van der Waals surface area contributed by atoms with Crippen LogP contribution < -0.4 is 15.4 Å². The number of nitriles is 1. The summed E-state index contributed by atoms with van der Waals surface area (Å²) in [7, 11) is 1.45. The van der Waals surface area contributed by atoms with Crippen molar-refractivity contribution < 1.29 is 23.9 Å². The highest BCUT2D eigenvalue weighted by molar-refractivity contribution is 5.99. The van der Waals surface area contributed by atoms with Gasteiger partial charge in [-0.05, 0) is 30.9 Å². The maximum absolute atomic E-state index is 12.6. The number of hydrogen-bond acceptors (Lipinski definition) is 6. The fourth-order valence-electron chi connectivity index (χ4n) is 2.40. The fourth-order valence-corrected chi connectivity index (χ4v) is 2.40. The molecule has 1 rings (SSSR count). The Morgan fingerprint density at radius 3 is 2.31 bits per heavy atom. The van der Waals surface area contributed by atoms with Crippen molar-refractivity contribution in [1.29, 1.82) is 5.26 Å². The molecule has 0 bridgehead atoms. The minimum atomic E-state index is -1.07. The molecule has 0 aromatic heterocycles. The third-order valence-corrected chi connectivity index (χ3v) is 4.69. The molecular formula is C21H29N3O5. The maximum atomic E-state index is 12.6. The summed E-state index contributed by atoms with van der Waals surface area (Å²) in [6, 6.07) is 7.74. The number of ether oxygens (including phenoxy) is 2. The summed E-state index contributed by atoms with van der Waals surface area (Å²) in [5.74, 6) is -1.83. The molecule has 0 aliphatic carbocycles. The Morgan fingerprint density at radius 1 is 1.17 bits per heavy atom. The van der Waals surface area contributed by atoms with Crippen molar-refractivity contribution in [3.05, 3.63) is 29.8 Å². The molecule has 29 heavy (non-hydrogen) atoms. The fraction of sp³-hybridized carbons (Fsp3) is 0.524. The van der Waals surface area contributed by atoms with Crippen molar-refractivity contribution in [2.45, 2.75) is 46.2 Å². The Bertz CT molecular complexity index is 785. The normalized spacial score (nSPS) is 13.8. The highest BCUT2D eigenvalue weighted by atomic mass is 16.5. The zero-order valence-corrected chi connectivity index (χ0v) is 17.7. The number of carbonyl (C=O) groups excluding carboxylic acids is 3. The maximum Gasteiger partial charge on any atom is 0.329 e. The first kappa shape index (κ1) is 24.0. The Labute approximate surface area is 171 Å². The van der Waals surface area contributed by atoms with Gasteiger partial charge >= 0.3 is 5.97 Å². The first-order valence-corrected chi connectivity index (χ1v) is 9.38. The van der Waals surface area contributed by atoms with Crippen molar-refractivity contribution in [3.8, 4) is 11.8 Å². The second-order valence-corrected chi connectivity index (χ2v) is 7.52. The lowest BCUT2D eigenvalue weighted by Crippen LogP contribution is -2.51. The van der Waals surface area contributed by atoms with Crippen LogP contribution in [0.3, 0.4) is 0 Å². The monoisotopic (exact) mass is 403 g/mol.